The van der Waals surface area contributed by atoms with Crippen LogP contribution in [0.3, 0.4) is 0 Å². The molecule has 0 fully saturated rings. The lowest BCUT2D eigenvalue weighted by Gasteiger charge is -1.98. The fourth-order valence-corrected chi connectivity index (χ4v) is 1.22. The molecule has 3 nitrogen and oxygen atoms in total. The number of hydrogen-bond acceptors (Lipinski definition) is 4. The van der Waals surface area contributed by atoms with Crippen LogP contribution in [0, 0.1) is 5.92 Å². The van der Waals surface area contributed by atoms with Gasteiger partial charge in [0.05, 0.1) is 0 Å². The molecular weight excluding hydrogens is 160 g/mol. The molecule has 1 heterocycles. The van der Waals surface area contributed by atoms with Gasteiger partial charge in [-0.2, -0.15) is 0 Å². The van der Waals surface area contributed by atoms with E-state index in [1.54, 1.807) is 5.38 Å². The number of Topliss-reactive ketones (excluding diaryl/α,β-unsaturated/α-hetero) is 1. The van der Waals surface area contributed by atoms with Gasteiger partial charge in [-0.05, 0) is 17.5 Å². The van der Waals surface area contributed by atoms with E-state index in [9.17, 15) is 4.79 Å². The Morgan fingerprint density at radius 3 is 2.91 bits per heavy atom. The molecule has 0 saturated carbocycles. The zero-order valence-corrected chi connectivity index (χ0v) is 7.39. The van der Waals surface area contributed by atoms with Crippen molar-refractivity contribution in [3.8, 4) is 0 Å². The van der Waals surface area contributed by atoms with Gasteiger partial charge in [-0.1, -0.05) is 18.3 Å². The van der Waals surface area contributed by atoms with Gasteiger partial charge in [0.1, 0.15) is 5.69 Å². The number of carbonyl (C=O) groups excluding carboxylic acids is 1. The maximum Gasteiger partial charge on any atom is 0.184 e. The van der Waals surface area contributed by atoms with E-state index < -0.39 is 0 Å². The van der Waals surface area contributed by atoms with E-state index in [4.69, 9.17) is 0 Å². The van der Waals surface area contributed by atoms with Gasteiger partial charge in [0.25, 0.3) is 0 Å². The number of aromatic nitrogens is 2. The minimum atomic E-state index is 0.0914. The molecule has 0 bridgehead atoms. The van der Waals surface area contributed by atoms with Crippen molar-refractivity contribution in [2.45, 2.75) is 20.3 Å². The summed E-state index contributed by atoms with van der Waals surface area (Å²) in [5.74, 6) is 0.484. The van der Waals surface area contributed by atoms with Crippen LogP contribution in [0.5, 0.6) is 0 Å². The van der Waals surface area contributed by atoms with Crippen molar-refractivity contribution < 1.29 is 4.79 Å². The SMILES string of the molecule is CC(C)CC(=O)c1csnn1. The summed E-state index contributed by atoms with van der Waals surface area (Å²) in [4.78, 5) is 11.2. The summed E-state index contributed by atoms with van der Waals surface area (Å²) in [5, 5.41) is 5.37. The first-order chi connectivity index (χ1) is 5.20. The second-order valence-electron chi connectivity index (χ2n) is 2.81. The van der Waals surface area contributed by atoms with Gasteiger partial charge in [0, 0.05) is 11.8 Å². The molecule has 0 radical (unpaired) electrons. The highest BCUT2D eigenvalue weighted by Gasteiger charge is 2.09. The minimum Gasteiger partial charge on any atom is -0.292 e. The quantitative estimate of drug-likeness (QED) is 0.649. The molecule has 1 rings (SSSR count). The van der Waals surface area contributed by atoms with Gasteiger partial charge in [0.15, 0.2) is 5.78 Å². The van der Waals surface area contributed by atoms with E-state index >= 15 is 0 Å². The fourth-order valence-electron chi connectivity index (χ4n) is 0.761. The van der Waals surface area contributed by atoms with Crippen LogP contribution in [-0.4, -0.2) is 15.4 Å². The van der Waals surface area contributed by atoms with Crippen molar-refractivity contribution in [2.75, 3.05) is 0 Å². The van der Waals surface area contributed by atoms with Crippen LogP contribution in [-0.2, 0) is 0 Å². The van der Waals surface area contributed by atoms with E-state index in [1.165, 1.54) is 11.5 Å². The first kappa shape index (κ1) is 8.33. The molecule has 0 amide bonds. The second-order valence-corrected chi connectivity index (χ2v) is 3.42. The standard InChI is InChI=1S/C7H10N2OS/c1-5(2)3-7(10)6-4-11-9-8-6/h4-5H,3H2,1-2H3. The summed E-state index contributed by atoms with van der Waals surface area (Å²) in [7, 11) is 0. The Balaban J connectivity index is 2.57. The molecule has 1 aromatic heterocycles. The number of ketones is 1. The highest BCUT2D eigenvalue weighted by atomic mass is 32.1. The molecule has 0 N–H and O–H groups in total. The lowest BCUT2D eigenvalue weighted by atomic mass is 10.1. The maximum absolute atomic E-state index is 11.2. The molecule has 11 heavy (non-hydrogen) atoms. The van der Waals surface area contributed by atoms with Crippen molar-refractivity contribution >= 4 is 17.3 Å². The lowest BCUT2D eigenvalue weighted by Crippen LogP contribution is -2.03. The molecule has 0 atom stereocenters. The maximum atomic E-state index is 11.2. The number of carbonyl (C=O) groups is 1. The first-order valence-corrected chi connectivity index (χ1v) is 4.34. The molecule has 0 aliphatic carbocycles. The highest BCUT2D eigenvalue weighted by Crippen LogP contribution is 2.07. The predicted octanol–water partition coefficient (Wildman–Crippen LogP) is 1.77. The summed E-state index contributed by atoms with van der Waals surface area (Å²) in [5.41, 5.74) is 0.503. The minimum absolute atomic E-state index is 0.0914. The average Bonchev–Trinajstić information content (AvgIpc) is 2.35. The van der Waals surface area contributed by atoms with Gasteiger partial charge in [0.2, 0.25) is 0 Å². The van der Waals surface area contributed by atoms with Crippen LogP contribution in [0.25, 0.3) is 0 Å². The lowest BCUT2D eigenvalue weighted by molar-refractivity contribution is 0.0963. The summed E-state index contributed by atoms with van der Waals surface area (Å²) < 4.78 is 3.62. The Morgan fingerprint density at radius 2 is 2.45 bits per heavy atom. The topological polar surface area (TPSA) is 42.9 Å². The highest BCUT2D eigenvalue weighted by molar-refractivity contribution is 7.03. The van der Waals surface area contributed by atoms with Gasteiger partial charge >= 0.3 is 0 Å². The van der Waals surface area contributed by atoms with Crippen LogP contribution in [0.15, 0.2) is 5.38 Å². The Labute approximate surface area is 69.6 Å². The average molecular weight is 170 g/mol. The summed E-state index contributed by atoms with van der Waals surface area (Å²) >= 11 is 1.21. The van der Waals surface area contributed by atoms with Crippen molar-refractivity contribution in [1.82, 2.24) is 9.59 Å². The van der Waals surface area contributed by atoms with Crippen molar-refractivity contribution in [3.05, 3.63) is 11.1 Å². The molecule has 0 aliphatic rings. The molecule has 1 aromatic rings. The van der Waals surface area contributed by atoms with Gasteiger partial charge in [-0.3, -0.25) is 4.79 Å². The summed E-state index contributed by atoms with van der Waals surface area (Å²) in [6.07, 6.45) is 0.561. The van der Waals surface area contributed by atoms with Crippen molar-refractivity contribution in [2.24, 2.45) is 5.92 Å². The molecular formula is C7H10N2OS. The normalized spacial score (nSPS) is 10.5. The number of hydrogen-bond donors (Lipinski definition) is 0. The third-order valence-electron chi connectivity index (χ3n) is 1.24. The van der Waals surface area contributed by atoms with Gasteiger partial charge in [-0.25, -0.2) is 0 Å². The van der Waals surface area contributed by atoms with Crippen LogP contribution in [0.4, 0.5) is 0 Å². The second kappa shape index (κ2) is 3.57. The Hall–Kier alpha value is -0.770. The number of nitrogens with zero attached hydrogens (tertiary/aromatic N) is 2. The van der Waals surface area contributed by atoms with E-state index in [1.807, 2.05) is 13.8 Å². The molecule has 0 spiro atoms. The summed E-state index contributed by atoms with van der Waals surface area (Å²) in [6.45, 7) is 4.02. The van der Waals surface area contributed by atoms with Crippen molar-refractivity contribution in [1.29, 1.82) is 0 Å². The van der Waals surface area contributed by atoms with Crippen LogP contribution < -0.4 is 0 Å². The molecule has 0 unspecified atom stereocenters. The van der Waals surface area contributed by atoms with Crippen LogP contribution >= 0.6 is 11.5 Å². The van der Waals surface area contributed by atoms with E-state index in [0.29, 0.717) is 18.0 Å². The third-order valence-corrected chi connectivity index (χ3v) is 1.74. The predicted molar refractivity (Wildman–Crippen MR) is 43.7 cm³/mol. The Kier molecular flexibility index (Phi) is 2.70. The molecule has 4 heteroatoms. The van der Waals surface area contributed by atoms with E-state index in [2.05, 4.69) is 9.59 Å². The largest absolute Gasteiger partial charge is 0.292 e. The smallest absolute Gasteiger partial charge is 0.184 e. The van der Waals surface area contributed by atoms with Gasteiger partial charge < -0.3 is 0 Å². The molecule has 0 aliphatic heterocycles. The molecule has 60 valence electrons. The first-order valence-electron chi connectivity index (χ1n) is 3.50. The summed E-state index contributed by atoms with van der Waals surface area (Å²) in [6, 6.07) is 0. The fraction of sp³-hybridized carbons (Fsp3) is 0.571. The van der Waals surface area contributed by atoms with E-state index in [-0.39, 0.29) is 5.78 Å². The zero-order chi connectivity index (χ0) is 8.27. The third kappa shape index (κ3) is 2.38. The molecule has 0 aromatic carbocycles. The zero-order valence-electron chi connectivity index (χ0n) is 6.57. The molecule has 0 saturated heterocycles. The number of rotatable bonds is 3. The van der Waals surface area contributed by atoms with Crippen molar-refractivity contribution in [3.63, 3.8) is 0 Å². The Bertz CT molecular complexity index is 231. The monoisotopic (exact) mass is 170 g/mol. The van der Waals surface area contributed by atoms with Gasteiger partial charge in [-0.15, -0.1) is 5.10 Å². The van der Waals surface area contributed by atoms with Crippen LogP contribution in [0.1, 0.15) is 30.8 Å². The Morgan fingerprint density at radius 1 is 1.73 bits per heavy atom. The van der Waals surface area contributed by atoms with Crippen LogP contribution in [0.2, 0.25) is 0 Å². The van der Waals surface area contributed by atoms with E-state index in [0.717, 1.165) is 0 Å².